The minimum absolute atomic E-state index is 0.594. The molecule has 1 spiro atoms. The minimum Gasteiger partial charge on any atom is -0.456 e. The number of furan rings is 1. The lowest BCUT2D eigenvalue weighted by Gasteiger charge is -2.39. The average Bonchev–Trinajstić information content (AvgIpc) is 4.09. The number of rotatable bonds is 6. The first-order valence-corrected chi connectivity index (χ1v) is 24.2. The van der Waals surface area contributed by atoms with E-state index in [0.717, 1.165) is 55.7 Å². The molecule has 2 aromatic heterocycles. The third-order valence-corrected chi connectivity index (χ3v) is 15.2. The lowest BCUT2D eigenvalue weighted by Crippen LogP contribution is -2.33. The van der Waals surface area contributed by atoms with Gasteiger partial charge in [0.15, 0.2) is 0 Å². The summed E-state index contributed by atoms with van der Waals surface area (Å²) in [7, 11) is 0. The molecule has 0 bridgehead atoms. The van der Waals surface area contributed by atoms with Crippen molar-refractivity contribution in [2.75, 3.05) is 4.90 Å². The molecule has 326 valence electrons. The van der Waals surface area contributed by atoms with Gasteiger partial charge in [0.25, 0.3) is 0 Å². The van der Waals surface area contributed by atoms with Crippen LogP contribution in [0.5, 0.6) is 0 Å². The van der Waals surface area contributed by atoms with E-state index in [-0.39, 0.29) is 0 Å². The predicted molar refractivity (Wildman–Crippen MR) is 290 cm³/mol. The second kappa shape index (κ2) is 14.9. The molecule has 11 aromatic carbocycles. The molecule has 0 radical (unpaired) electrons. The summed E-state index contributed by atoms with van der Waals surface area (Å²) in [5.74, 6) is 0. The summed E-state index contributed by atoms with van der Waals surface area (Å²) in [6.07, 6.45) is 0. The first-order valence-electron chi connectivity index (χ1n) is 24.2. The molecule has 1 aliphatic heterocycles. The Morgan fingerprint density at radius 1 is 0.343 bits per heavy atom. The number of hydrogen-bond donors (Lipinski definition) is 0. The fourth-order valence-corrected chi connectivity index (χ4v) is 12.5. The van der Waals surface area contributed by atoms with E-state index in [2.05, 4.69) is 258 Å². The number of benzene rings is 11. The molecule has 0 N–H and O–H groups in total. The van der Waals surface area contributed by atoms with E-state index in [1.807, 2.05) is 6.07 Å². The Kier molecular flexibility index (Phi) is 8.28. The van der Waals surface area contributed by atoms with Gasteiger partial charge in [-0.15, -0.1) is 0 Å². The molecule has 0 fully saturated rings. The Bertz CT molecular complexity index is 4250. The second-order valence-electron chi connectivity index (χ2n) is 18.7. The van der Waals surface area contributed by atoms with E-state index in [1.165, 1.54) is 77.6 Å². The Morgan fingerprint density at radius 3 is 1.79 bits per heavy atom. The van der Waals surface area contributed by atoms with Crippen LogP contribution >= 0.6 is 0 Å². The van der Waals surface area contributed by atoms with Gasteiger partial charge in [-0.2, -0.15) is 0 Å². The topological polar surface area (TPSA) is 21.3 Å². The largest absolute Gasteiger partial charge is 0.456 e. The van der Waals surface area contributed by atoms with Gasteiger partial charge in [0, 0.05) is 38.4 Å². The first-order chi connectivity index (χ1) is 34.8. The number of nitrogens with zero attached hydrogens (tertiary/aromatic N) is 2. The van der Waals surface area contributed by atoms with Crippen molar-refractivity contribution in [2.24, 2.45) is 0 Å². The number of para-hydroxylation sites is 5. The van der Waals surface area contributed by atoms with Crippen LogP contribution in [-0.2, 0) is 5.41 Å². The SMILES string of the molecule is c1ccc(-c2ccccc2-c2ccccc2N(c2ccc(-c3cccc4oc5ccccc5c34)cc2)c2cccc3c2-c2ccccc2C32c3ccccc3-n3c4ccccc4c4cccc2c43)cc1. The Labute approximate surface area is 405 Å². The Balaban J connectivity index is 1.01. The summed E-state index contributed by atoms with van der Waals surface area (Å²) < 4.78 is 8.89. The molecule has 70 heavy (non-hydrogen) atoms. The highest BCUT2D eigenvalue weighted by molar-refractivity contribution is 6.14. The molecule has 0 saturated heterocycles. The summed E-state index contributed by atoms with van der Waals surface area (Å²) >= 11 is 0. The van der Waals surface area contributed by atoms with Crippen LogP contribution in [0.4, 0.5) is 17.1 Å². The molecule has 1 aliphatic carbocycles. The minimum atomic E-state index is -0.594. The summed E-state index contributed by atoms with van der Waals surface area (Å²) in [6.45, 7) is 0. The van der Waals surface area contributed by atoms with Gasteiger partial charge < -0.3 is 13.9 Å². The third-order valence-electron chi connectivity index (χ3n) is 15.2. The van der Waals surface area contributed by atoms with Gasteiger partial charge in [-0.05, 0) is 104 Å². The molecule has 3 heteroatoms. The zero-order chi connectivity index (χ0) is 45.9. The van der Waals surface area contributed by atoms with Gasteiger partial charge in [-0.3, -0.25) is 0 Å². The number of anilines is 3. The normalized spacial score (nSPS) is 14.3. The van der Waals surface area contributed by atoms with E-state index in [0.29, 0.717) is 0 Å². The smallest absolute Gasteiger partial charge is 0.136 e. The number of fused-ring (bicyclic) bond motifs is 15. The van der Waals surface area contributed by atoms with E-state index in [1.54, 1.807) is 0 Å². The fraction of sp³-hybridized carbons (Fsp3) is 0.0149. The lowest BCUT2D eigenvalue weighted by atomic mass is 9.65. The maximum absolute atomic E-state index is 6.37. The summed E-state index contributed by atoms with van der Waals surface area (Å²) in [4.78, 5) is 2.52. The van der Waals surface area contributed by atoms with Crippen molar-refractivity contribution < 1.29 is 4.42 Å². The van der Waals surface area contributed by atoms with Crippen LogP contribution in [0.2, 0.25) is 0 Å². The van der Waals surface area contributed by atoms with Crippen LogP contribution in [0.1, 0.15) is 22.3 Å². The van der Waals surface area contributed by atoms with Gasteiger partial charge in [0.1, 0.15) is 11.2 Å². The second-order valence-corrected chi connectivity index (χ2v) is 18.7. The molecule has 13 aromatic rings. The average molecular weight is 891 g/mol. The van der Waals surface area contributed by atoms with Crippen LogP contribution in [0.3, 0.4) is 0 Å². The van der Waals surface area contributed by atoms with Crippen LogP contribution < -0.4 is 4.90 Å². The molecule has 0 amide bonds. The van der Waals surface area contributed by atoms with Crippen molar-refractivity contribution in [2.45, 2.75) is 5.41 Å². The molecule has 3 nitrogen and oxygen atoms in total. The maximum atomic E-state index is 6.37. The monoisotopic (exact) mass is 890 g/mol. The highest BCUT2D eigenvalue weighted by Crippen LogP contribution is 2.63. The van der Waals surface area contributed by atoms with Crippen molar-refractivity contribution in [3.63, 3.8) is 0 Å². The van der Waals surface area contributed by atoms with Gasteiger partial charge in [-0.1, -0.05) is 206 Å². The van der Waals surface area contributed by atoms with Crippen LogP contribution in [-0.4, -0.2) is 4.57 Å². The Morgan fingerprint density at radius 2 is 0.914 bits per heavy atom. The predicted octanol–water partition coefficient (Wildman–Crippen LogP) is 17.8. The van der Waals surface area contributed by atoms with E-state index < -0.39 is 5.41 Å². The molecule has 0 saturated carbocycles. The summed E-state index contributed by atoms with van der Waals surface area (Å²) in [6, 6.07) is 93.7. The maximum Gasteiger partial charge on any atom is 0.136 e. The van der Waals surface area contributed by atoms with Crippen molar-refractivity contribution in [1.82, 2.24) is 4.57 Å². The van der Waals surface area contributed by atoms with Gasteiger partial charge >= 0.3 is 0 Å². The van der Waals surface area contributed by atoms with Crippen LogP contribution in [0.25, 0.3) is 93.9 Å². The van der Waals surface area contributed by atoms with Gasteiger partial charge in [0.2, 0.25) is 0 Å². The molecule has 2 aliphatic rings. The van der Waals surface area contributed by atoms with Gasteiger partial charge in [0.05, 0.1) is 33.5 Å². The molecular weight excluding hydrogens is 849 g/mol. The molecular formula is C67H42N2O. The lowest BCUT2D eigenvalue weighted by molar-refractivity contribution is 0.669. The van der Waals surface area contributed by atoms with Crippen molar-refractivity contribution in [3.05, 3.63) is 277 Å². The Hall–Kier alpha value is -9.18. The highest BCUT2D eigenvalue weighted by Gasteiger charge is 2.51. The zero-order valence-corrected chi connectivity index (χ0v) is 38.1. The highest BCUT2D eigenvalue weighted by atomic mass is 16.3. The summed E-state index contributed by atoms with van der Waals surface area (Å²) in [5, 5.41) is 4.80. The fourth-order valence-electron chi connectivity index (χ4n) is 12.5. The van der Waals surface area contributed by atoms with E-state index in [9.17, 15) is 0 Å². The number of hydrogen-bond acceptors (Lipinski definition) is 2. The molecule has 15 rings (SSSR count). The standard InChI is InChI=1S/C67H42N2O/c1-2-19-43(20-3-1)46-21-4-5-22-48(46)49-23-7-12-33-58(49)68(45-41-39-44(40-42-45)47-27-17-38-63-64(47)53-26-9-15-37-62(53)70-63)61-36-18-31-56-65(61)52-25-6-10-29-54(52)67(56)55-30-11-14-35-60(55)69-59-34-13-8-24-50(59)51-28-16-32-57(67)66(51)69/h1-42H. The first kappa shape index (κ1) is 38.9. The van der Waals surface area contributed by atoms with Crippen LogP contribution in [0, 0.1) is 0 Å². The third kappa shape index (κ3) is 5.29. The molecule has 1 atom stereocenters. The van der Waals surface area contributed by atoms with Crippen molar-refractivity contribution >= 4 is 60.8 Å². The van der Waals surface area contributed by atoms with E-state index >= 15 is 0 Å². The quantitative estimate of drug-likeness (QED) is 0.166. The van der Waals surface area contributed by atoms with Crippen molar-refractivity contribution in [1.29, 1.82) is 0 Å². The molecule has 1 unspecified atom stereocenters. The zero-order valence-electron chi connectivity index (χ0n) is 38.1. The van der Waals surface area contributed by atoms with Crippen molar-refractivity contribution in [3.8, 4) is 50.2 Å². The van der Waals surface area contributed by atoms with Gasteiger partial charge in [-0.25, -0.2) is 0 Å². The number of aromatic nitrogens is 1. The molecule has 3 heterocycles. The van der Waals surface area contributed by atoms with Crippen LogP contribution in [0.15, 0.2) is 259 Å². The summed E-state index contributed by atoms with van der Waals surface area (Å²) in [5.41, 5.74) is 22.8. The van der Waals surface area contributed by atoms with E-state index in [4.69, 9.17) is 4.42 Å².